The number of aromatic nitrogens is 2. The molecule has 1 aromatic heterocycles. The van der Waals surface area contributed by atoms with Gasteiger partial charge in [-0.2, -0.15) is 5.10 Å². The van der Waals surface area contributed by atoms with Crippen LogP contribution in [0, 0.1) is 13.8 Å². The summed E-state index contributed by atoms with van der Waals surface area (Å²) in [5.74, 6) is 0.897. The lowest BCUT2D eigenvalue weighted by molar-refractivity contribution is 0.0497. The minimum absolute atomic E-state index is 0.221. The Morgan fingerprint density at radius 1 is 1.21 bits per heavy atom. The van der Waals surface area contributed by atoms with Gasteiger partial charge in [0, 0.05) is 63.2 Å². The van der Waals surface area contributed by atoms with E-state index in [0.29, 0.717) is 6.04 Å². The molecule has 0 spiro atoms. The highest BCUT2D eigenvalue weighted by Gasteiger charge is 2.27. The Labute approximate surface area is 168 Å². The van der Waals surface area contributed by atoms with Crippen molar-refractivity contribution >= 4 is 0 Å². The lowest BCUT2D eigenvalue weighted by atomic mass is 10.1. The van der Waals surface area contributed by atoms with E-state index in [1.165, 1.54) is 16.8 Å². The Morgan fingerprint density at radius 3 is 2.71 bits per heavy atom. The van der Waals surface area contributed by atoms with Crippen LogP contribution in [0.5, 0.6) is 5.75 Å². The molecule has 6 heteroatoms. The van der Waals surface area contributed by atoms with E-state index >= 15 is 0 Å². The fourth-order valence-corrected chi connectivity index (χ4v) is 4.23. The zero-order valence-electron chi connectivity index (χ0n) is 17.7. The second-order valence-corrected chi connectivity index (χ2v) is 7.69. The number of aliphatic hydroxyl groups is 1. The number of benzene rings is 1. The summed E-state index contributed by atoms with van der Waals surface area (Å²) in [4.78, 5) is 5.01. The molecule has 3 rings (SSSR count). The molecule has 0 saturated carbocycles. The van der Waals surface area contributed by atoms with Crippen molar-refractivity contribution in [3.63, 3.8) is 0 Å². The highest BCUT2D eigenvalue weighted by molar-refractivity contribution is 5.28. The second kappa shape index (κ2) is 9.54. The van der Waals surface area contributed by atoms with E-state index in [0.717, 1.165) is 57.1 Å². The van der Waals surface area contributed by atoms with Crippen molar-refractivity contribution in [2.75, 3.05) is 33.4 Å². The number of methoxy groups -OCH3 is 1. The van der Waals surface area contributed by atoms with Crippen LogP contribution in [0.15, 0.2) is 24.3 Å². The molecule has 1 atom stereocenters. The molecule has 0 bridgehead atoms. The third-order valence-corrected chi connectivity index (χ3v) is 5.88. The monoisotopic (exact) mass is 386 g/mol. The standard InChI is InChI=1S/C22H34N4O2/c1-5-26-18(3)22(17(2)23-26)16-24-10-11-25(20(15-24)9-12-27)14-19-7-6-8-21(13-19)28-4/h6-8,13,20,27H,5,9-12,14-16H2,1-4H3/t20-/m0/s1. The van der Waals surface area contributed by atoms with Crippen molar-refractivity contribution in [1.29, 1.82) is 0 Å². The van der Waals surface area contributed by atoms with Gasteiger partial charge in [0.2, 0.25) is 0 Å². The Morgan fingerprint density at radius 2 is 2.04 bits per heavy atom. The van der Waals surface area contributed by atoms with Gasteiger partial charge in [-0.1, -0.05) is 12.1 Å². The van der Waals surface area contributed by atoms with E-state index in [2.05, 4.69) is 52.5 Å². The van der Waals surface area contributed by atoms with Crippen LogP contribution in [0.1, 0.15) is 35.9 Å². The van der Waals surface area contributed by atoms with Crippen molar-refractivity contribution in [3.8, 4) is 5.75 Å². The number of rotatable bonds is 8. The van der Waals surface area contributed by atoms with Gasteiger partial charge in [-0.3, -0.25) is 14.5 Å². The molecule has 0 unspecified atom stereocenters. The van der Waals surface area contributed by atoms with Gasteiger partial charge in [-0.25, -0.2) is 0 Å². The first-order valence-corrected chi connectivity index (χ1v) is 10.3. The van der Waals surface area contributed by atoms with E-state index in [1.54, 1.807) is 7.11 Å². The molecule has 1 saturated heterocycles. The number of hydrogen-bond donors (Lipinski definition) is 1. The summed E-state index contributed by atoms with van der Waals surface area (Å²) in [6, 6.07) is 8.63. The molecule has 1 fully saturated rings. The van der Waals surface area contributed by atoms with Crippen LogP contribution in [0.2, 0.25) is 0 Å². The maximum Gasteiger partial charge on any atom is 0.119 e. The van der Waals surface area contributed by atoms with Gasteiger partial charge in [0.15, 0.2) is 0 Å². The first-order chi connectivity index (χ1) is 13.5. The van der Waals surface area contributed by atoms with Crippen LogP contribution in [-0.4, -0.2) is 64.1 Å². The number of nitrogens with zero attached hydrogens (tertiary/aromatic N) is 4. The van der Waals surface area contributed by atoms with E-state index in [4.69, 9.17) is 4.74 Å². The highest BCUT2D eigenvalue weighted by atomic mass is 16.5. The Kier molecular flexibility index (Phi) is 7.10. The van der Waals surface area contributed by atoms with Crippen LogP contribution in [0.25, 0.3) is 0 Å². The summed E-state index contributed by atoms with van der Waals surface area (Å²) in [7, 11) is 1.71. The molecule has 2 aromatic rings. The molecule has 6 nitrogen and oxygen atoms in total. The molecule has 1 N–H and O–H groups in total. The van der Waals surface area contributed by atoms with Crippen molar-refractivity contribution < 1.29 is 9.84 Å². The molecular weight excluding hydrogens is 352 g/mol. The smallest absolute Gasteiger partial charge is 0.119 e. The summed E-state index contributed by atoms with van der Waals surface area (Å²) >= 11 is 0. The lowest BCUT2D eigenvalue weighted by Gasteiger charge is -2.41. The molecule has 2 heterocycles. The maximum absolute atomic E-state index is 9.61. The van der Waals surface area contributed by atoms with Crippen molar-refractivity contribution in [1.82, 2.24) is 19.6 Å². The van der Waals surface area contributed by atoms with E-state index in [-0.39, 0.29) is 6.61 Å². The van der Waals surface area contributed by atoms with Gasteiger partial charge in [0.25, 0.3) is 0 Å². The summed E-state index contributed by atoms with van der Waals surface area (Å²) in [5, 5.41) is 14.3. The fraction of sp³-hybridized carbons (Fsp3) is 0.591. The van der Waals surface area contributed by atoms with Crippen LogP contribution in [0.3, 0.4) is 0 Å². The molecule has 1 aliphatic heterocycles. The average Bonchev–Trinajstić information content (AvgIpc) is 2.98. The summed E-state index contributed by atoms with van der Waals surface area (Å²) in [5.41, 5.74) is 5.02. The fourth-order valence-electron chi connectivity index (χ4n) is 4.23. The summed E-state index contributed by atoms with van der Waals surface area (Å²) in [6.07, 6.45) is 0.798. The average molecular weight is 387 g/mol. The Bertz CT molecular complexity index is 774. The van der Waals surface area contributed by atoms with Gasteiger partial charge in [0.1, 0.15) is 5.75 Å². The third kappa shape index (κ3) is 4.74. The number of aryl methyl sites for hydroxylation is 2. The zero-order valence-corrected chi connectivity index (χ0v) is 17.7. The Balaban J connectivity index is 1.67. The lowest BCUT2D eigenvalue weighted by Crippen LogP contribution is -2.52. The van der Waals surface area contributed by atoms with E-state index < -0.39 is 0 Å². The largest absolute Gasteiger partial charge is 0.497 e. The SMILES string of the molecule is CCn1nc(C)c(CN2CCN(Cc3cccc(OC)c3)[C@@H](CCO)C2)c1C. The molecule has 154 valence electrons. The highest BCUT2D eigenvalue weighted by Crippen LogP contribution is 2.22. The van der Waals surface area contributed by atoms with Crippen molar-refractivity contribution in [3.05, 3.63) is 46.8 Å². The number of aliphatic hydroxyl groups excluding tert-OH is 1. The third-order valence-electron chi connectivity index (χ3n) is 5.88. The molecule has 28 heavy (non-hydrogen) atoms. The van der Waals surface area contributed by atoms with Crippen LogP contribution < -0.4 is 4.74 Å². The molecular formula is C22H34N4O2. The van der Waals surface area contributed by atoms with Gasteiger partial charge in [-0.05, 0) is 44.9 Å². The van der Waals surface area contributed by atoms with Crippen molar-refractivity contribution in [2.24, 2.45) is 0 Å². The zero-order chi connectivity index (χ0) is 20.1. The van der Waals surface area contributed by atoms with E-state index in [9.17, 15) is 5.11 Å². The molecule has 1 aromatic carbocycles. The predicted molar refractivity (Wildman–Crippen MR) is 112 cm³/mol. The summed E-state index contributed by atoms with van der Waals surface area (Å²) in [6.45, 7) is 12.4. The van der Waals surface area contributed by atoms with Gasteiger partial charge in [-0.15, -0.1) is 0 Å². The first kappa shape index (κ1) is 20.8. The minimum Gasteiger partial charge on any atom is -0.497 e. The van der Waals surface area contributed by atoms with Gasteiger partial charge < -0.3 is 9.84 Å². The van der Waals surface area contributed by atoms with E-state index in [1.807, 2.05) is 12.1 Å². The quantitative estimate of drug-likeness (QED) is 0.756. The normalized spacial score (nSPS) is 18.5. The van der Waals surface area contributed by atoms with Crippen LogP contribution in [-0.2, 0) is 19.6 Å². The number of ether oxygens (including phenoxy) is 1. The summed E-state index contributed by atoms with van der Waals surface area (Å²) < 4.78 is 7.45. The number of hydrogen-bond acceptors (Lipinski definition) is 5. The van der Waals surface area contributed by atoms with Crippen LogP contribution >= 0.6 is 0 Å². The topological polar surface area (TPSA) is 53.8 Å². The van der Waals surface area contributed by atoms with Crippen molar-refractivity contribution in [2.45, 2.75) is 52.9 Å². The van der Waals surface area contributed by atoms with Gasteiger partial charge in [0.05, 0.1) is 12.8 Å². The Hall–Kier alpha value is -1.89. The molecule has 1 aliphatic rings. The minimum atomic E-state index is 0.221. The number of piperazine rings is 1. The molecule has 0 radical (unpaired) electrons. The molecule has 0 aliphatic carbocycles. The van der Waals surface area contributed by atoms with Crippen LogP contribution in [0.4, 0.5) is 0 Å². The second-order valence-electron chi connectivity index (χ2n) is 7.69. The predicted octanol–water partition coefficient (Wildman–Crippen LogP) is 2.60. The van der Waals surface area contributed by atoms with Gasteiger partial charge >= 0.3 is 0 Å². The maximum atomic E-state index is 9.61. The molecule has 0 amide bonds. The first-order valence-electron chi connectivity index (χ1n) is 10.3.